The number of pyridine rings is 1. The molecule has 1 aliphatic rings. The third kappa shape index (κ3) is 1.53. The summed E-state index contributed by atoms with van der Waals surface area (Å²) in [7, 11) is 0. The minimum absolute atomic E-state index is 0.231. The maximum atomic E-state index is 14.2. The maximum Gasteiger partial charge on any atom is 0.133 e. The van der Waals surface area contributed by atoms with Gasteiger partial charge in [0.2, 0.25) is 0 Å². The summed E-state index contributed by atoms with van der Waals surface area (Å²) in [5, 5.41) is 0.550. The molecule has 1 aromatic heterocycles. The number of hydrogen-bond acceptors (Lipinski definition) is 3. The Kier molecular flexibility index (Phi) is 2.26. The van der Waals surface area contributed by atoms with Crippen LogP contribution in [0.5, 0.6) is 0 Å². The van der Waals surface area contributed by atoms with Crippen molar-refractivity contribution in [2.24, 2.45) is 0 Å². The summed E-state index contributed by atoms with van der Waals surface area (Å²) in [5.41, 5.74) is 3.49. The van der Waals surface area contributed by atoms with Crippen LogP contribution in [0.3, 0.4) is 0 Å². The second-order valence-corrected chi connectivity index (χ2v) is 5.23. The van der Waals surface area contributed by atoms with E-state index < -0.39 is 0 Å². The van der Waals surface area contributed by atoms with E-state index in [0.717, 1.165) is 21.7 Å². The molecule has 1 aliphatic heterocycles. The molecule has 4 rings (SSSR count). The Labute approximate surface area is 113 Å². The molecule has 4 heteroatoms. The highest BCUT2D eigenvalue weighted by molar-refractivity contribution is 8.00. The Morgan fingerprint density at radius 2 is 1.95 bits per heavy atom. The second kappa shape index (κ2) is 3.96. The highest BCUT2D eigenvalue weighted by atomic mass is 32.2. The van der Waals surface area contributed by atoms with E-state index in [0.29, 0.717) is 10.9 Å². The predicted octanol–water partition coefficient (Wildman–Crippen LogP) is 4.47. The molecule has 0 radical (unpaired) electrons. The summed E-state index contributed by atoms with van der Waals surface area (Å²) in [6.45, 7) is 0. The first-order valence-electron chi connectivity index (χ1n) is 5.94. The van der Waals surface area contributed by atoms with Gasteiger partial charge >= 0.3 is 0 Å². The molecule has 2 nitrogen and oxygen atoms in total. The van der Waals surface area contributed by atoms with Gasteiger partial charge in [-0.3, -0.25) is 4.98 Å². The SMILES string of the molecule is Fc1cc2c(c3ncccc13)NSc1ccccc1-2. The van der Waals surface area contributed by atoms with Crippen molar-refractivity contribution in [2.45, 2.75) is 4.90 Å². The number of rotatable bonds is 0. The quantitative estimate of drug-likeness (QED) is 0.609. The van der Waals surface area contributed by atoms with Gasteiger partial charge in [-0.05, 0) is 41.8 Å². The third-order valence-corrected chi connectivity index (χ3v) is 4.16. The lowest BCUT2D eigenvalue weighted by atomic mass is 10.0. The van der Waals surface area contributed by atoms with Gasteiger partial charge in [-0.15, -0.1) is 0 Å². The van der Waals surface area contributed by atoms with Crippen LogP contribution in [0.4, 0.5) is 10.1 Å². The molecule has 0 atom stereocenters. The number of nitrogens with zero attached hydrogens (tertiary/aromatic N) is 1. The summed E-state index contributed by atoms with van der Waals surface area (Å²) in [4.78, 5) is 5.41. The first kappa shape index (κ1) is 10.8. The molecule has 19 heavy (non-hydrogen) atoms. The van der Waals surface area contributed by atoms with Gasteiger partial charge in [0.1, 0.15) is 5.82 Å². The first-order valence-corrected chi connectivity index (χ1v) is 6.76. The second-order valence-electron chi connectivity index (χ2n) is 4.38. The Balaban J connectivity index is 2.13. The lowest BCUT2D eigenvalue weighted by Crippen LogP contribution is -2.01. The van der Waals surface area contributed by atoms with Crippen LogP contribution in [0, 0.1) is 5.82 Å². The lowest BCUT2D eigenvalue weighted by molar-refractivity contribution is 0.640. The summed E-state index contributed by atoms with van der Waals surface area (Å²) in [5.74, 6) is -0.231. The zero-order valence-corrected chi connectivity index (χ0v) is 10.7. The van der Waals surface area contributed by atoms with Crippen molar-refractivity contribution in [3.8, 4) is 11.1 Å². The van der Waals surface area contributed by atoms with Crippen LogP contribution in [0.15, 0.2) is 53.6 Å². The van der Waals surface area contributed by atoms with E-state index in [1.54, 1.807) is 24.4 Å². The zero-order chi connectivity index (χ0) is 12.8. The fourth-order valence-corrected chi connectivity index (χ4v) is 3.25. The number of nitrogens with one attached hydrogen (secondary N) is 1. The monoisotopic (exact) mass is 268 g/mol. The molecular weight excluding hydrogens is 259 g/mol. The van der Waals surface area contributed by atoms with Gasteiger partial charge in [-0.1, -0.05) is 18.2 Å². The van der Waals surface area contributed by atoms with Gasteiger partial charge in [0.25, 0.3) is 0 Å². The van der Waals surface area contributed by atoms with Crippen LogP contribution in [0.25, 0.3) is 22.0 Å². The molecule has 0 bridgehead atoms. The molecule has 0 unspecified atom stereocenters. The Bertz CT molecular complexity index is 801. The highest BCUT2D eigenvalue weighted by Gasteiger charge is 2.20. The zero-order valence-electron chi connectivity index (χ0n) is 9.85. The maximum absolute atomic E-state index is 14.2. The predicted molar refractivity (Wildman–Crippen MR) is 76.6 cm³/mol. The van der Waals surface area contributed by atoms with Crippen molar-refractivity contribution in [3.05, 3.63) is 54.5 Å². The average Bonchev–Trinajstić information content (AvgIpc) is 2.47. The smallest absolute Gasteiger partial charge is 0.133 e. The molecule has 2 heterocycles. The van der Waals surface area contributed by atoms with Gasteiger partial charge in [-0.2, -0.15) is 0 Å². The molecule has 0 amide bonds. The normalized spacial score (nSPS) is 12.7. The number of benzene rings is 2. The molecule has 2 aromatic carbocycles. The van der Waals surface area contributed by atoms with Crippen molar-refractivity contribution in [3.63, 3.8) is 0 Å². The number of halogens is 1. The highest BCUT2D eigenvalue weighted by Crippen LogP contribution is 2.45. The number of anilines is 1. The van der Waals surface area contributed by atoms with E-state index in [-0.39, 0.29) is 5.82 Å². The molecule has 1 N–H and O–H groups in total. The van der Waals surface area contributed by atoms with E-state index >= 15 is 0 Å². The van der Waals surface area contributed by atoms with Gasteiger partial charge < -0.3 is 4.72 Å². The van der Waals surface area contributed by atoms with Crippen molar-refractivity contribution in [1.29, 1.82) is 0 Å². The van der Waals surface area contributed by atoms with Crippen molar-refractivity contribution in [2.75, 3.05) is 4.72 Å². The van der Waals surface area contributed by atoms with E-state index in [4.69, 9.17) is 0 Å². The van der Waals surface area contributed by atoms with Crippen LogP contribution in [-0.4, -0.2) is 4.98 Å². The molecule has 0 saturated carbocycles. The summed E-state index contributed by atoms with van der Waals surface area (Å²) in [6.07, 6.45) is 1.69. The standard InChI is InChI=1S/C15H9FN2S/c16-12-8-11-9-4-1-2-6-13(9)19-18-15(11)14-10(12)5-3-7-17-14/h1-8,18H. The van der Waals surface area contributed by atoms with Crippen LogP contribution in [0.2, 0.25) is 0 Å². The van der Waals surface area contributed by atoms with Gasteiger partial charge in [0, 0.05) is 22.0 Å². The molecule has 3 aromatic rings. The van der Waals surface area contributed by atoms with Gasteiger partial charge in [-0.25, -0.2) is 4.39 Å². The Hall–Kier alpha value is -2.07. The van der Waals surface area contributed by atoms with Crippen molar-refractivity contribution in [1.82, 2.24) is 4.98 Å². The number of hydrogen-bond donors (Lipinski definition) is 1. The van der Waals surface area contributed by atoms with Crippen LogP contribution < -0.4 is 4.72 Å². The topological polar surface area (TPSA) is 24.9 Å². The molecular formula is C15H9FN2S. The average molecular weight is 268 g/mol. The van der Waals surface area contributed by atoms with Crippen LogP contribution >= 0.6 is 11.9 Å². The fourth-order valence-electron chi connectivity index (χ4n) is 2.40. The van der Waals surface area contributed by atoms with E-state index in [1.165, 1.54) is 11.9 Å². The lowest BCUT2D eigenvalue weighted by Gasteiger charge is -2.21. The minimum atomic E-state index is -0.231. The molecule has 0 saturated heterocycles. The molecule has 0 fully saturated rings. The first-order chi connectivity index (χ1) is 9.34. The Morgan fingerprint density at radius 3 is 2.89 bits per heavy atom. The molecule has 92 valence electrons. The van der Waals surface area contributed by atoms with Gasteiger partial charge in [0.05, 0.1) is 11.2 Å². The molecule has 0 spiro atoms. The molecule has 0 aliphatic carbocycles. The minimum Gasteiger partial charge on any atom is -0.323 e. The number of fused-ring (bicyclic) bond motifs is 5. The Morgan fingerprint density at radius 1 is 1.05 bits per heavy atom. The van der Waals surface area contributed by atoms with Crippen LogP contribution in [0.1, 0.15) is 0 Å². The number of aromatic nitrogens is 1. The fraction of sp³-hybridized carbons (Fsp3) is 0. The van der Waals surface area contributed by atoms with E-state index in [1.807, 2.05) is 24.3 Å². The largest absolute Gasteiger partial charge is 0.323 e. The van der Waals surface area contributed by atoms with Crippen LogP contribution in [-0.2, 0) is 0 Å². The van der Waals surface area contributed by atoms with E-state index in [2.05, 4.69) is 9.71 Å². The van der Waals surface area contributed by atoms with Crippen molar-refractivity contribution < 1.29 is 4.39 Å². The van der Waals surface area contributed by atoms with E-state index in [9.17, 15) is 4.39 Å². The summed E-state index contributed by atoms with van der Waals surface area (Å²) in [6, 6.07) is 13.1. The summed E-state index contributed by atoms with van der Waals surface area (Å²) >= 11 is 1.54. The van der Waals surface area contributed by atoms with Gasteiger partial charge in [0.15, 0.2) is 0 Å². The van der Waals surface area contributed by atoms with Crippen molar-refractivity contribution >= 4 is 28.5 Å². The summed E-state index contributed by atoms with van der Waals surface area (Å²) < 4.78 is 17.5. The third-order valence-electron chi connectivity index (χ3n) is 3.28.